The molecular formula is C21H20F2N2O4. The summed E-state index contributed by atoms with van der Waals surface area (Å²) in [6.07, 6.45) is 0.303. The maximum atomic E-state index is 12.6. The lowest BCUT2D eigenvalue weighted by molar-refractivity contribution is -0.140. The van der Waals surface area contributed by atoms with E-state index in [-0.39, 0.29) is 17.7 Å². The summed E-state index contributed by atoms with van der Waals surface area (Å²) < 4.78 is 34.5. The number of esters is 1. The molecule has 0 saturated carbocycles. The summed E-state index contributed by atoms with van der Waals surface area (Å²) in [5, 5.41) is 5.43. The van der Waals surface area contributed by atoms with Gasteiger partial charge in [-0.3, -0.25) is 14.7 Å². The van der Waals surface area contributed by atoms with Crippen LogP contribution in [0.2, 0.25) is 0 Å². The highest BCUT2D eigenvalue weighted by molar-refractivity contribution is 5.71. The molecule has 0 bridgehead atoms. The van der Waals surface area contributed by atoms with Gasteiger partial charge in [0.1, 0.15) is 5.75 Å². The predicted octanol–water partition coefficient (Wildman–Crippen LogP) is 3.59. The Morgan fingerprint density at radius 1 is 1.07 bits per heavy atom. The molecule has 0 saturated heterocycles. The van der Waals surface area contributed by atoms with E-state index in [1.807, 2.05) is 30.3 Å². The highest BCUT2D eigenvalue weighted by atomic mass is 19.3. The minimum absolute atomic E-state index is 0.0519. The van der Waals surface area contributed by atoms with Crippen molar-refractivity contribution >= 4 is 5.97 Å². The van der Waals surface area contributed by atoms with E-state index < -0.39 is 18.5 Å². The first kappa shape index (κ1) is 20.3. The van der Waals surface area contributed by atoms with E-state index in [4.69, 9.17) is 4.74 Å². The lowest BCUT2D eigenvalue weighted by Gasteiger charge is -2.17. The van der Waals surface area contributed by atoms with E-state index in [0.717, 1.165) is 5.56 Å². The van der Waals surface area contributed by atoms with Gasteiger partial charge in [-0.1, -0.05) is 42.5 Å². The number of benzene rings is 2. The van der Waals surface area contributed by atoms with E-state index in [1.165, 1.54) is 25.3 Å². The third-order valence-electron chi connectivity index (χ3n) is 4.55. The number of hydrogen-bond donors (Lipinski definition) is 2. The molecule has 3 aromatic rings. The Kier molecular flexibility index (Phi) is 6.43. The predicted molar refractivity (Wildman–Crippen MR) is 102 cm³/mol. The van der Waals surface area contributed by atoms with Crippen molar-refractivity contribution in [3.05, 3.63) is 87.3 Å². The molecule has 0 fully saturated rings. The van der Waals surface area contributed by atoms with Crippen LogP contribution in [0.5, 0.6) is 5.75 Å². The molecule has 0 radical (unpaired) electrons. The van der Waals surface area contributed by atoms with Crippen LogP contribution in [0.25, 0.3) is 0 Å². The number of halogens is 2. The number of hydrogen-bond acceptors (Lipinski definition) is 4. The number of alkyl halides is 2. The Labute approximate surface area is 165 Å². The van der Waals surface area contributed by atoms with Gasteiger partial charge in [-0.25, -0.2) is 0 Å². The van der Waals surface area contributed by atoms with E-state index in [2.05, 4.69) is 14.9 Å². The lowest BCUT2D eigenvalue weighted by atomic mass is 9.87. The van der Waals surface area contributed by atoms with Crippen LogP contribution in [0.3, 0.4) is 0 Å². The quantitative estimate of drug-likeness (QED) is 0.564. The lowest BCUT2D eigenvalue weighted by Crippen LogP contribution is -2.18. The van der Waals surface area contributed by atoms with Gasteiger partial charge in [0.2, 0.25) is 0 Å². The van der Waals surface area contributed by atoms with Crippen molar-refractivity contribution in [2.45, 2.75) is 25.4 Å². The SMILES string of the molecule is COC(=O)CC(c1cccc(OC(F)F)c1)c1c(Cc2ccccc2)[nH][nH]c1=O. The largest absolute Gasteiger partial charge is 0.469 e. The van der Waals surface area contributed by atoms with Crippen molar-refractivity contribution in [3.8, 4) is 5.75 Å². The molecule has 3 rings (SSSR count). The number of aromatic amines is 2. The summed E-state index contributed by atoms with van der Waals surface area (Å²) in [5.74, 6) is -1.28. The van der Waals surface area contributed by atoms with Crippen molar-refractivity contribution < 1.29 is 23.0 Å². The van der Waals surface area contributed by atoms with Crippen LogP contribution in [-0.4, -0.2) is 29.9 Å². The number of ether oxygens (including phenoxy) is 2. The molecule has 6 nitrogen and oxygen atoms in total. The van der Waals surface area contributed by atoms with Crippen LogP contribution in [0.4, 0.5) is 8.78 Å². The summed E-state index contributed by atoms with van der Waals surface area (Å²) in [4.78, 5) is 24.6. The molecule has 1 heterocycles. The molecule has 152 valence electrons. The summed E-state index contributed by atoms with van der Waals surface area (Å²) >= 11 is 0. The van der Waals surface area contributed by atoms with Gasteiger partial charge in [-0.15, -0.1) is 0 Å². The van der Waals surface area contributed by atoms with E-state index >= 15 is 0 Å². The number of carbonyl (C=O) groups is 1. The smallest absolute Gasteiger partial charge is 0.387 e. The van der Waals surface area contributed by atoms with Crippen LogP contribution in [-0.2, 0) is 16.0 Å². The van der Waals surface area contributed by atoms with Crippen LogP contribution < -0.4 is 10.3 Å². The molecule has 29 heavy (non-hydrogen) atoms. The third-order valence-corrected chi connectivity index (χ3v) is 4.55. The maximum Gasteiger partial charge on any atom is 0.387 e. The Morgan fingerprint density at radius 3 is 2.52 bits per heavy atom. The standard InChI is InChI=1S/C21H20F2N2O4/c1-28-18(26)12-16(14-8-5-9-15(11-14)29-21(22)23)19-17(24-25-20(19)27)10-13-6-3-2-4-7-13/h2-9,11,16,21H,10,12H2,1H3,(H2,24,25,27). The zero-order valence-electron chi connectivity index (χ0n) is 15.7. The molecule has 8 heteroatoms. The molecule has 0 aliphatic rings. The fourth-order valence-electron chi connectivity index (χ4n) is 3.26. The fraction of sp³-hybridized carbons (Fsp3) is 0.238. The molecule has 2 aromatic carbocycles. The van der Waals surface area contributed by atoms with Crippen LogP contribution in [0.1, 0.15) is 34.7 Å². The van der Waals surface area contributed by atoms with Gasteiger partial charge in [0, 0.05) is 23.6 Å². The number of aromatic nitrogens is 2. The second-order valence-electron chi connectivity index (χ2n) is 6.42. The molecule has 1 aromatic heterocycles. The van der Waals surface area contributed by atoms with E-state index in [0.29, 0.717) is 23.2 Å². The summed E-state index contributed by atoms with van der Waals surface area (Å²) in [7, 11) is 1.25. The van der Waals surface area contributed by atoms with Crippen LogP contribution >= 0.6 is 0 Å². The zero-order chi connectivity index (χ0) is 20.8. The Bertz CT molecular complexity index is 1010. The van der Waals surface area contributed by atoms with Gasteiger partial charge in [0.25, 0.3) is 5.56 Å². The topological polar surface area (TPSA) is 84.2 Å². The van der Waals surface area contributed by atoms with Crippen LogP contribution in [0.15, 0.2) is 59.4 Å². The normalized spacial score (nSPS) is 12.0. The van der Waals surface area contributed by atoms with Gasteiger partial charge >= 0.3 is 12.6 Å². The number of carbonyl (C=O) groups excluding carboxylic acids is 1. The zero-order valence-corrected chi connectivity index (χ0v) is 15.7. The molecule has 2 N–H and O–H groups in total. The first-order chi connectivity index (χ1) is 14.0. The molecule has 0 spiro atoms. The minimum Gasteiger partial charge on any atom is -0.469 e. The number of methoxy groups -OCH3 is 1. The summed E-state index contributed by atoms with van der Waals surface area (Å²) in [6, 6.07) is 15.5. The molecular weight excluding hydrogens is 382 g/mol. The summed E-state index contributed by atoms with van der Waals surface area (Å²) in [6.45, 7) is -2.98. The maximum absolute atomic E-state index is 12.6. The molecule has 0 aliphatic heterocycles. The Hall–Kier alpha value is -3.42. The first-order valence-corrected chi connectivity index (χ1v) is 8.93. The van der Waals surface area contributed by atoms with Gasteiger partial charge < -0.3 is 14.6 Å². The molecule has 0 amide bonds. The monoisotopic (exact) mass is 402 g/mol. The second-order valence-corrected chi connectivity index (χ2v) is 6.42. The number of nitrogens with one attached hydrogen (secondary N) is 2. The Morgan fingerprint density at radius 2 is 1.83 bits per heavy atom. The summed E-state index contributed by atoms with van der Waals surface area (Å²) in [5.41, 5.74) is 2.04. The highest BCUT2D eigenvalue weighted by Crippen LogP contribution is 2.31. The van der Waals surface area contributed by atoms with E-state index in [9.17, 15) is 18.4 Å². The van der Waals surface area contributed by atoms with Crippen molar-refractivity contribution in [2.24, 2.45) is 0 Å². The van der Waals surface area contributed by atoms with Gasteiger partial charge in [0.05, 0.1) is 13.5 Å². The van der Waals surface area contributed by atoms with Gasteiger partial charge in [-0.05, 0) is 23.3 Å². The van der Waals surface area contributed by atoms with Crippen LogP contribution in [0, 0.1) is 0 Å². The van der Waals surface area contributed by atoms with Gasteiger partial charge in [0.15, 0.2) is 0 Å². The second kappa shape index (κ2) is 9.18. The van der Waals surface area contributed by atoms with Crippen molar-refractivity contribution in [1.29, 1.82) is 0 Å². The van der Waals surface area contributed by atoms with Crippen molar-refractivity contribution in [3.63, 3.8) is 0 Å². The average molecular weight is 402 g/mol. The molecule has 1 unspecified atom stereocenters. The van der Waals surface area contributed by atoms with Gasteiger partial charge in [-0.2, -0.15) is 8.78 Å². The van der Waals surface area contributed by atoms with E-state index in [1.54, 1.807) is 6.07 Å². The third kappa shape index (κ3) is 5.10. The molecule has 1 atom stereocenters. The Balaban J connectivity index is 2.03. The highest BCUT2D eigenvalue weighted by Gasteiger charge is 2.26. The van der Waals surface area contributed by atoms with Crippen molar-refractivity contribution in [2.75, 3.05) is 7.11 Å². The minimum atomic E-state index is -2.98. The average Bonchev–Trinajstić information content (AvgIpc) is 3.06. The fourth-order valence-corrected chi connectivity index (χ4v) is 3.26. The number of rotatable bonds is 8. The van der Waals surface area contributed by atoms with Crippen molar-refractivity contribution in [1.82, 2.24) is 10.2 Å². The first-order valence-electron chi connectivity index (χ1n) is 8.93. The molecule has 0 aliphatic carbocycles. The number of H-pyrrole nitrogens is 2.